The van der Waals surface area contributed by atoms with E-state index < -0.39 is 11.9 Å². The zero-order valence-electron chi connectivity index (χ0n) is 12.4. The van der Waals surface area contributed by atoms with Crippen molar-refractivity contribution in [2.75, 3.05) is 18.5 Å². The van der Waals surface area contributed by atoms with E-state index in [1.165, 1.54) is 12.5 Å². The van der Waals surface area contributed by atoms with Gasteiger partial charge in [0.1, 0.15) is 11.8 Å². The minimum atomic E-state index is -0.735. The molecule has 6 nitrogen and oxygen atoms in total. The molecule has 1 aromatic heterocycles. The van der Waals surface area contributed by atoms with Crippen LogP contribution in [0.3, 0.4) is 0 Å². The van der Waals surface area contributed by atoms with Crippen molar-refractivity contribution in [2.24, 2.45) is 0 Å². The Morgan fingerprint density at radius 3 is 2.41 bits per heavy atom. The molecule has 0 fully saturated rings. The van der Waals surface area contributed by atoms with E-state index in [2.05, 4.69) is 5.32 Å². The van der Waals surface area contributed by atoms with E-state index in [-0.39, 0.29) is 18.8 Å². The van der Waals surface area contributed by atoms with Gasteiger partial charge in [0.2, 0.25) is 0 Å². The lowest BCUT2D eigenvalue weighted by Crippen LogP contribution is -2.19. The first-order valence-corrected chi connectivity index (χ1v) is 6.94. The number of esters is 2. The van der Waals surface area contributed by atoms with Gasteiger partial charge in [-0.25, -0.2) is 9.59 Å². The Labute approximate surface area is 127 Å². The number of carbonyl (C=O) groups excluding carboxylic acids is 2. The molecule has 0 bridgehead atoms. The lowest BCUT2D eigenvalue weighted by molar-refractivity contribution is -0.146. The third-order valence-corrected chi connectivity index (χ3v) is 2.84. The molecule has 0 aliphatic rings. The van der Waals surface area contributed by atoms with Crippen molar-refractivity contribution in [1.82, 2.24) is 0 Å². The molecule has 0 atom stereocenters. The molecule has 0 saturated heterocycles. The number of benzene rings is 1. The minimum Gasteiger partial charge on any atom is -0.462 e. The number of fused-ring (bicyclic) bond motifs is 1. The van der Waals surface area contributed by atoms with Crippen LogP contribution in [0.4, 0.5) is 5.69 Å². The summed E-state index contributed by atoms with van der Waals surface area (Å²) in [5, 5.41) is 3.73. The van der Waals surface area contributed by atoms with Gasteiger partial charge in [-0.15, -0.1) is 0 Å². The predicted molar refractivity (Wildman–Crippen MR) is 81.2 cm³/mol. The average molecular weight is 303 g/mol. The number of carbonyl (C=O) groups is 2. The fourth-order valence-electron chi connectivity index (χ4n) is 1.86. The summed E-state index contributed by atoms with van der Waals surface area (Å²) in [6.07, 6.45) is 2.78. The molecule has 0 amide bonds. The van der Waals surface area contributed by atoms with Crippen molar-refractivity contribution in [3.8, 4) is 0 Å². The third kappa shape index (κ3) is 3.46. The number of hydrogen-bond donors (Lipinski definition) is 1. The Hall–Kier alpha value is -2.76. The van der Waals surface area contributed by atoms with Crippen molar-refractivity contribution in [3.05, 3.63) is 42.3 Å². The number of hydrogen-bond acceptors (Lipinski definition) is 6. The molecular formula is C16H17NO5. The zero-order valence-corrected chi connectivity index (χ0v) is 12.4. The van der Waals surface area contributed by atoms with E-state index >= 15 is 0 Å². The zero-order chi connectivity index (χ0) is 15.9. The first-order chi connectivity index (χ1) is 10.7. The highest BCUT2D eigenvalue weighted by Gasteiger charge is 2.21. The molecule has 116 valence electrons. The smallest absolute Gasteiger partial charge is 0.347 e. The number of ether oxygens (including phenoxy) is 2. The summed E-state index contributed by atoms with van der Waals surface area (Å²) < 4.78 is 15.1. The van der Waals surface area contributed by atoms with Crippen LogP contribution in [-0.4, -0.2) is 25.2 Å². The van der Waals surface area contributed by atoms with Gasteiger partial charge in [-0.05, 0) is 26.0 Å². The van der Waals surface area contributed by atoms with E-state index in [1.54, 1.807) is 13.8 Å². The van der Waals surface area contributed by atoms with Crippen molar-refractivity contribution in [2.45, 2.75) is 13.8 Å². The molecule has 0 aliphatic carbocycles. The molecular weight excluding hydrogens is 286 g/mol. The first-order valence-electron chi connectivity index (χ1n) is 6.94. The van der Waals surface area contributed by atoms with Gasteiger partial charge in [-0.1, -0.05) is 12.1 Å². The summed E-state index contributed by atoms with van der Waals surface area (Å²) in [7, 11) is 0. The van der Waals surface area contributed by atoms with Gasteiger partial charge in [0.05, 0.1) is 18.9 Å². The van der Waals surface area contributed by atoms with Crippen LogP contribution in [0.15, 0.2) is 46.7 Å². The summed E-state index contributed by atoms with van der Waals surface area (Å²) in [5.41, 5.74) is 1.14. The van der Waals surface area contributed by atoms with E-state index in [0.717, 1.165) is 5.39 Å². The van der Waals surface area contributed by atoms with Crippen LogP contribution in [0, 0.1) is 0 Å². The monoisotopic (exact) mass is 303 g/mol. The molecule has 6 heteroatoms. The molecule has 2 rings (SSSR count). The van der Waals surface area contributed by atoms with Crippen LogP contribution >= 0.6 is 0 Å². The largest absolute Gasteiger partial charge is 0.462 e. The SMILES string of the molecule is CCOC(=O)C(=CNc1coc2ccccc12)C(=O)OCC. The summed E-state index contributed by atoms with van der Waals surface area (Å²) in [4.78, 5) is 23.7. The predicted octanol–water partition coefficient (Wildman–Crippen LogP) is 2.85. The Morgan fingerprint density at radius 1 is 1.14 bits per heavy atom. The van der Waals surface area contributed by atoms with Gasteiger partial charge in [0, 0.05) is 11.6 Å². The third-order valence-electron chi connectivity index (χ3n) is 2.84. The normalized spacial score (nSPS) is 10.1. The summed E-state index contributed by atoms with van der Waals surface area (Å²) >= 11 is 0. The van der Waals surface area contributed by atoms with Gasteiger partial charge >= 0.3 is 11.9 Å². The fourth-order valence-corrected chi connectivity index (χ4v) is 1.86. The van der Waals surface area contributed by atoms with Crippen LogP contribution in [0.2, 0.25) is 0 Å². The van der Waals surface area contributed by atoms with Crippen LogP contribution in [0.1, 0.15) is 13.8 Å². The summed E-state index contributed by atoms with van der Waals surface area (Å²) in [6.45, 7) is 3.67. The highest BCUT2D eigenvalue weighted by atomic mass is 16.6. The molecule has 2 aromatic rings. The van der Waals surface area contributed by atoms with Gasteiger partial charge in [0.25, 0.3) is 0 Å². The van der Waals surface area contributed by atoms with E-state index in [9.17, 15) is 9.59 Å². The number of nitrogens with one attached hydrogen (secondary N) is 1. The molecule has 1 heterocycles. The van der Waals surface area contributed by atoms with Gasteiger partial charge in [-0.2, -0.15) is 0 Å². The maximum Gasteiger partial charge on any atom is 0.347 e. The second-order valence-electron chi connectivity index (χ2n) is 4.29. The van der Waals surface area contributed by atoms with Crippen molar-refractivity contribution >= 4 is 28.6 Å². The van der Waals surface area contributed by atoms with Gasteiger partial charge < -0.3 is 19.2 Å². The number of rotatable bonds is 6. The molecule has 0 spiro atoms. The Balaban J connectivity index is 2.25. The van der Waals surface area contributed by atoms with Crippen molar-refractivity contribution in [1.29, 1.82) is 0 Å². The van der Waals surface area contributed by atoms with E-state index in [0.29, 0.717) is 11.3 Å². The molecule has 0 saturated carbocycles. The summed E-state index contributed by atoms with van der Waals surface area (Å²) in [6, 6.07) is 7.41. The maximum atomic E-state index is 11.8. The Bertz CT molecular complexity index is 681. The Morgan fingerprint density at radius 2 is 1.77 bits per heavy atom. The molecule has 0 radical (unpaired) electrons. The van der Waals surface area contributed by atoms with E-state index in [4.69, 9.17) is 13.9 Å². The Kier molecular flexibility index (Phi) is 5.19. The van der Waals surface area contributed by atoms with Crippen molar-refractivity contribution < 1.29 is 23.5 Å². The highest BCUT2D eigenvalue weighted by molar-refractivity contribution is 6.14. The number of furan rings is 1. The molecule has 1 N–H and O–H groups in total. The summed E-state index contributed by atoms with van der Waals surface area (Å²) in [5.74, 6) is -1.47. The molecule has 0 aliphatic heterocycles. The van der Waals surface area contributed by atoms with Gasteiger partial charge in [-0.3, -0.25) is 0 Å². The van der Waals surface area contributed by atoms with Crippen LogP contribution in [-0.2, 0) is 19.1 Å². The maximum absolute atomic E-state index is 11.8. The topological polar surface area (TPSA) is 77.8 Å². The van der Waals surface area contributed by atoms with Gasteiger partial charge in [0.15, 0.2) is 5.57 Å². The second kappa shape index (κ2) is 7.31. The van der Waals surface area contributed by atoms with Crippen LogP contribution in [0.5, 0.6) is 0 Å². The fraction of sp³-hybridized carbons (Fsp3) is 0.250. The average Bonchev–Trinajstić information content (AvgIpc) is 2.91. The first kappa shape index (κ1) is 15.6. The van der Waals surface area contributed by atoms with Crippen LogP contribution < -0.4 is 5.32 Å². The highest BCUT2D eigenvalue weighted by Crippen LogP contribution is 2.25. The lowest BCUT2D eigenvalue weighted by Gasteiger charge is -2.07. The lowest BCUT2D eigenvalue weighted by atomic mass is 10.2. The van der Waals surface area contributed by atoms with E-state index in [1.807, 2.05) is 24.3 Å². The standard InChI is InChI=1S/C16H17NO5/c1-3-20-15(18)12(16(19)21-4-2)9-17-13-10-22-14-8-6-5-7-11(13)14/h5-10,17H,3-4H2,1-2H3. The molecule has 22 heavy (non-hydrogen) atoms. The quantitative estimate of drug-likeness (QED) is 0.383. The number of para-hydroxylation sites is 1. The second-order valence-corrected chi connectivity index (χ2v) is 4.29. The molecule has 1 aromatic carbocycles. The minimum absolute atomic E-state index is 0.171. The molecule has 0 unspecified atom stereocenters. The van der Waals surface area contributed by atoms with Crippen LogP contribution in [0.25, 0.3) is 11.0 Å². The van der Waals surface area contributed by atoms with Crippen molar-refractivity contribution in [3.63, 3.8) is 0 Å². The number of anilines is 1.